The van der Waals surface area contributed by atoms with Crippen LogP contribution in [0.3, 0.4) is 0 Å². The Bertz CT molecular complexity index is 1120. The highest BCUT2D eigenvalue weighted by atomic mass is 16.5. The molecule has 1 atom stereocenters. The molecule has 1 aliphatic carbocycles. The average Bonchev–Trinajstić information content (AvgIpc) is 2.78. The van der Waals surface area contributed by atoms with Gasteiger partial charge in [0, 0.05) is 18.4 Å². The number of aryl methyl sites for hydroxylation is 1. The van der Waals surface area contributed by atoms with Crippen molar-refractivity contribution in [1.29, 1.82) is 5.26 Å². The molecule has 2 N–H and O–H groups in total. The van der Waals surface area contributed by atoms with Gasteiger partial charge in [-0.15, -0.1) is 0 Å². The van der Waals surface area contributed by atoms with Crippen molar-refractivity contribution in [3.8, 4) is 17.6 Å². The molecule has 2 aromatic carbocycles. The fourth-order valence-corrected chi connectivity index (χ4v) is 4.02. The minimum absolute atomic E-state index is 0.00911. The van der Waals surface area contributed by atoms with Crippen LogP contribution in [0.2, 0.25) is 0 Å². The number of benzene rings is 2. The third-order valence-corrected chi connectivity index (χ3v) is 5.64. The molecule has 1 heterocycles. The number of carbonyl (C=O) groups excluding carboxylic acids is 1. The van der Waals surface area contributed by atoms with E-state index in [9.17, 15) is 10.1 Å². The Morgan fingerprint density at radius 2 is 1.94 bits per heavy atom. The highest BCUT2D eigenvalue weighted by molar-refractivity contribution is 5.99. The number of hydrogen-bond donors (Lipinski definition) is 1. The summed E-state index contributed by atoms with van der Waals surface area (Å²) in [5.41, 5.74) is 9.76. The lowest BCUT2D eigenvalue weighted by Gasteiger charge is -2.31. The third-order valence-electron chi connectivity index (χ3n) is 5.64. The molecule has 158 valence electrons. The number of nitrogens with two attached hydrogens (primary N) is 1. The highest BCUT2D eigenvalue weighted by Crippen LogP contribution is 2.45. The lowest BCUT2D eigenvalue weighted by Crippen LogP contribution is -2.27. The van der Waals surface area contributed by atoms with E-state index in [-0.39, 0.29) is 17.2 Å². The first-order valence-electron chi connectivity index (χ1n) is 10.2. The van der Waals surface area contributed by atoms with Crippen LogP contribution in [0, 0.1) is 18.3 Å². The quantitative estimate of drug-likeness (QED) is 0.776. The van der Waals surface area contributed by atoms with Gasteiger partial charge in [0.1, 0.15) is 24.0 Å². The molecule has 2 aromatic rings. The second kappa shape index (κ2) is 8.57. The summed E-state index contributed by atoms with van der Waals surface area (Å²) in [4.78, 5) is 12.7. The van der Waals surface area contributed by atoms with Crippen molar-refractivity contribution in [2.75, 3.05) is 7.11 Å². The predicted octanol–water partition coefficient (Wildman–Crippen LogP) is 4.40. The summed E-state index contributed by atoms with van der Waals surface area (Å²) >= 11 is 0. The van der Waals surface area contributed by atoms with E-state index >= 15 is 0 Å². The van der Waals surface area contributed by atoms with Crippen molar-refractivity contribution in [3.63, 3.8) is 0 Å². The first-order valence-corrected chi connectivity index (χ1v) is 10.2. The van der Waals surface area contributed by atoms with Crippen LogP contribution in [0.25, 0.3) is 0 Å². The summed E-state index contributed by atoms with van der Waals surface area (Å²) in [7, 11) is 1.56. The molecule has 2 aliphatic rings. The maximum Gasteiger partial charge on any atom is 0.205 e. The van der Waals surface area contributed by atoms with Crippen LogP contribution in [-0.2, 0) is 16.1 Å². The second-order valence-electron chi connectivity index (χ2n) is 7.72. The zero-order chi connectivity index (χ0) is 22.0. The normalized spacial score (nSPS) is 18.2. The Kier molecular flexibility index (Phi) is 5.68. The van der Waals surface area contributed by atoms with E-state index in [1.54, 1.807) is 19.2 Å². The zero-order valence-electron chi connectivity index (χ0n) is 17.6. The van der Waals surface area contributed by atoms with Crippen LogP contribution < -0.4 is 15.2 Å². The minimum atomic E-state index is -0.568. The summed E-state index contributed by atoms with van der Waals surface area (Å²) in [5, 5.41) is 9.72. The number of ketones is 1. The molecule has 0 fully saturated rings. The largest absolute Gasteiger partial charge is 0.493 e. The summed E-state index contributed by atoms with van der Waals surface area (Å²) < 4.78 is 17.2. The van der Waals surface area contributed by atoms with Crippen LogP contribution in [0.5, 0.6) is 11.5 Å². The molecule has 0 radical (unpaired) electrons. The van der Waals surface area contributed by atoms with E-state index in [1.807, 2.05) is 37.3 Å². The lowest BCUT2D eigenvalue weighted by molar-refractivity contribution is -0.116. The van der Waals surface area contributed by atoms with Gasteiger partial charge in [0.25, 0.3) is 0 Å². The molecule has 0 saturated carbocycles. The van der Waals surface area contributed by atoms with Crippen molar-refractivity contribution >= 4 is 5.78 Å². The fourth-order valence-electron chi connectivity index (χ4n) is 4.02. The standard InChI is InChI=1S/C25H24N2O4/c1-15-6-8-16(9-7-15)14-30-20-11-10-17(12-22(20)29-2)23-18(13-26)25(27)31-21-5-3-4-19(28)24(21)23/h6-12,23H,3-5,14,27H2,1-2H3. The van der Waals surface area contributed by atoms with Gasteiger partial charge in [-0.25, -0.2) is 0 Å². The maximum absolute atomic E-state index is 12.7. The highest BCUT2D eigenvalue weighted by Gasteiger charge is 2.38. The Morgan fingerprint density at radius 1 is 1.16 bits per heavy atom. The molecule has 0 bridgehead atoms. The molecule has 1 unspecified atom stereocenters. The topological polar surface area (TPSA) is 94.6 Å². The molecular weight excluding hydrogens is 392 g/mol. The number of ether oxygens (including phenoxy) is 3. The number of allylic oxidation sites excluding steroid dienone is 3. The van der Waals surface area contributed by atoms with Crippen molar-refractivity contribution in [1.82, 2.24) is 0 Å². The van der Waals surface area contributed by atoms with E-state index in [1.165, 1.54) is 5.56 Å². The molecular formula is C25H24N2O4. The molecule has 0 amide bonds. The van der Waals surface area contributed by atoms with Gasteiger partial charge >= 0.3 is 0 Å². The van der Waals surface area contributed by atoms with E-state index in [0.717, 1.165) is 11.1 Å². The van der Waals surface area contributed by atoms with Gasteiger partial charge in [0.05, 0.1) is 13.0 Å². The van der Waals surface area contributed by atoms with Crippen LogP contribution in [0.4, 0.5) is 0 Å². The van der Waals surface area contributed by atoms with Crippen molar-refractivity contribution < 1.29 is 19.0 Å². The van der Waals surface area contributed by atoms with Crippen molar-refractivity contribution in [2.24, 2.45) is 5.73 Å². The van der Waals surface area contributed by atoms with Crippen LogP contribution in [0.1, 0.15) is 41.9 Å². The number of Topliss-reactive ketones (excluding diaryl/α,β-unsaturated/α-hetero) is 1. The number of nitrogens with zero attached hydrogens (tertiary/aromatic N) is 1. The van der Waals surface area contributed by atoms with Gasteiger partial charge in [0.15, 0.2) is 17.3 Å². The Balaban J connectivity index is 1.67. The van der Waals surface area contributed by atoms with E-state index < -0.39 is 5.92 Å². The first kappa shape index (κ1) is 20.5. The summed E-state index contributed by atoms with van der Waals surface area (Å²) in [6.45, 7) is 2.44. The monoisotopic (exact) mass is 416 g/mol. The Morgan fingerprint density at radius 3 is 2.65 bits per heavy atom. The lowest BCUT2D eigenvalue weighted by atomic mass is 9.77. The van der Waals surface area contributed by atoms with Crippen molar-refractivity contribution in [2.45, 2.75) is 38.7 Å². The van der Waals surface area contributed by atoms with E-state index in [4.69, 9.17) is 19.9 Å². The Hall–Kier alpha value is -3.72. The van der Waals surface area contributed by atoms with Gasteiger partial charge < -0.3 is 19.9 Å². The predicted molar refractivity (Wildman–Crippen MR) is 115 cm³/mol. The summed E-state index contributed by atoms with van der Waals surface area (Å²) in [6.07, 6.45) is 1.78. The molecule has 0 aromatic heterocycles. The minimum Gasteiger partial charge on any atom is -0.493 e. The third kappa shape index (κ3) is 3.99. The number of methoxy groups -OCH3 is 1. The molecule has 1 aliphatic heterocycles. The summed E-state index contributed by atoms with van der Waals surface area (Å²) in [5.74, 6) is 1.15. The van der Waals surface area contributed by atoms with Crippen LogP contribution in [0.15, 0.2) is 65.3 Å². The van der Waals surface area contributed by atoms with E-state index in [0.29, 0.717) is 48.7 Å². The Labute approximate surface area is 181 Å². The first-order chi connectivity index (χ1) is 15.0. The van der Waals surface area contributed by atoms with Gasteiger partial charge in [-0.3, -0.25) is 4.79 Å². The molecule has 4 rings (SSSR count). The molecule has 6 nitrogen and oxygen atoms in total. The van der Waals surface area contributed by atoms with Crippen LogP contribution >= 0.6 is 0 Å². The van der Waals surface area contributed by atoms with Crippen LogP contribution in [-0.4, -0.2) is 12.9 Å². The number of rotatable bonds is 5. The van der Waals surface area contributed by atoms with Crippen molar-refractivity contribution in [3.05, 3.63) is 81.9 Å². The van der Waals surface area contributed by atoms with Gasteiger partial charge in [-0.2, -0.15) is 5.26 Å². The smallest absolute Gasteiger partial charge is 0.205 e. The number of carbonyl (C=O) groups is 1. The second-order valence-corrected chi connectivity index (χ2v) is 7.72. The zero-order valence-corrected chi connectivity index (χ0v) is 17.6. The van der Waals surface area contributed by atoms with Gasteiger partial charge in [0.2, 0.25) is 5.88 Å². The molecule has 31 heavy (non-hydrogen) atoms. The number of nitriles is 1. The molecule has 6 heteroatoms. The molecule has 0 saturated heterocycles. The van der Waals surface area contributed by atoms with E-state index in [2.05, 4.69) is 6.07 Å². The van der Waals surface area contributed by atoms with Gasteiger partial charge in [-0.1, -0.05) is 35.9 Å². The average molecular weight is 416 g/mol. The number of hydrogen-bond acceptors (Lipinski definition) is 6. The van der Waals surface area contributed by atoms with Gasteiger partial charge in [-0.05, 0) is 36.6 Å². The SMILES string of the molecule is COc1cc(C2C(C#N)=C(N)OC3=C2C(=O)CCC3)ccc1OCc1ccc(C)cc1. The fraction of sp³-hybridized carbons (Fsp3) is 0.280. The molecule has 0 spiro atoms. The maximum atomic E-state index is 12.7. The summed E-state index contributed by atoms with van der Waals surface area (Å²) in [6, 6.07) is 15.7.